The topological polar surface area (TPSA) is 66.5 Å². The molecule has 0 aliphatic rings. The second-order valence-corrected chi connectivity index (χ2v) is 4.22. The lowest BCUT2D eigenvalue weighted by molar-refractivity contribution is 0.482. The zero-order chi connectivity index (χ0) is 12.7. The highest BCUT2D eigenvalue weighted by Gasteiger charge is 2.05. The van der Waals surface area contributed by atoms with Gasteiger partial charge in [-0.3, -0.25) is 10.4 Å². The molecule has 0 aliphatic heterocycles. The van der Waals surface area contributed by atoms with Crippen molar-refractivity contribution in [2.75, 3.05) is 13.6 Å². The van der Waals surface area contributed by atoms with Gasteiger partial charge in [-0.25, -0.2) is 10.8 Å². The highest BCUT2D eigenvalue weighted by atomic mass is 15.4. The molecule has 0 saturated heterocycles. The van der Waals surface area contributed by atoms with E-state index in [0.29, 0.717) is 5.96 Å². The molecule has 94 valence electrons. The van der Waals surface area contributed by atoms with Gasteiger partial charge in [-0.15, -0.1) is 0 Å². The molecule has 1 aromatic heterocycles. The van der Waals surface area contributed by atoms with Crippen LogP contribution in [0.25, 0.3) is 0 Å². The number of guanidine groups is 1. The highest BCUT2D eigenvalue weighted by Crippen LogP contribution is 1.99. The predicted octanol–water partition coefficient (Wildman–Crippen LogP) is 0.784. The molecule has 1 rings (SSSR count). The number of hydrogen-bond donors (Lipinski definition) is 2. The van der Waals surface area contributed by atoms with E-state index < -0.39 is 0 Å². The summed E-state index contributed by atoms with van der Waals surface area (Å²) >= 11 is 0. The number of pyridine rings is 1. The molecule has 0 radical (unpaired) electrons. The number of aliphatic imine (C=N–C) groups is 1. The standard InChI is InChI=1S/C12H21N5/c1-10(2)15-12(16-13)17(3)9-6-11-4-7-14-8-5-11/h4-5,7-8,10H,6,9,13H2,1-3H3,(H,15,16). The highest BCUT2D eigenvalue weighted by molar-refractivity contribution is 5.79. The summed E-state index contributed by atoms with van der Waals surface area (Å²) in [5, 5.41) is 0. The molecular weight excluding hydrogens is 214 g/mol. The minimum absolute atomic E-state index is 0.226. The van der Waals surface area contributed by atoms with Crippen LogP contribution in [0.1, 0.15) is 19.4 Å². The predicted molar refractivity (Wildman–Crippen MR) is 70.5 cm³/mol. The van der Waals surface area contributed by atoms with Crippen LogP contribution < -0.4 is 11.3 Å². The van der Waals surface area contributed by atoms with Gasteiger partial charge in [-0.1, -0.05) is 0 Å². The first-order valence-electron chi connectivity index (χ1n) is 5.78. The van der Waals surface area contributed by atoms with Crippen molar-refractivity contribution in [3.8, 4) is 0 Å². The van der Waals surface area contributed by atoms with Crippen LogP contribution in [0.3, 0.4) is 0 Å². The molecule has 0 amide bonds. The lowest BCUT2D eigenvalue weighted by Crippen LogP contribution is -2.44. The van der Waals surface area contributed by atoms with E-state index in [1.54, 1.807) is 12.4 Å². The Morgan fingerprint density at radius 3 is 2.65 bits per heavy atom. The molecule has 0 spiro atoms. The van der Waals surface area contributed by atoms with Gasteiger partial charge < -0.3 is 4.90 Å². The van der Waals surface area contributed by atoms with Crippen molar-refractivity contribution >= 4 is 5.96 Å². The van der Waals surface area contributed by atoms with Crippen molar-refractivity contribution in [2.45, 2.75) is 26.3 Å². The number of nitrogens with one attached hydrogen (secondary N) is 1. The third-order valence-corrected chi connectivity index (χ3v) is 2.36. The molecule has 17 heavy (non-hydrogen) atoms. The lowest BCUT2D eigenvalue weighted by atomic mass is 10.2. The first-order chi connectivity index (χ1) is 8.13. The fourth-order valence-electron chi connectivity index (χ4n) is 1.44. The van der Waals surface area contributed by atoms with Crippen molar-refractivity contribution in [3.05, 3.63) is 30.1 Å². The quantitative estimate of drug-likeness (QED) is 0.350. The normalized spacial score (nSPS) is 11.7. The van der Waals surface area contributed by atoms with Crippen LogP contribution in [0.15, 0.2) is 29.5 Å². The van der Waals surface area contributed by atoms with E-state index in [0.717, 1.165) is 13.0 Å². The van der Waals surface area contributed by atoms with E-state index in [1.165, 1.54) is 5.56 Å². The van der Waals surface area contributed by atoms with Crippen molar-refractivity contribution in [2.24, 2.45) is 10.8 Å². The molecule has 0 saturated carbocycles. The van der Waals surface area contributed by atoms with Gasteiger partial charge in [0.2, 0.25) is 5.96 Å². The molecule has 1 aromatic rings. The molecule has 0 bridgehead atoms. The first-order valence-corrected chi connectivity index (χ1v) is 5.78. The average Bonchev–Trinajstić information content (AvgIpc) is 2.34. The maximum absolute atomic E-state index is 5.46. The van der Waals surface area contributed by atoms with Crippen molar-refractivity contribution in [1.82, 2.24) is 15.3 Å². The fraction of sp³-hybridized carbons (Fsp3) is 0.500. The number of hydrogen-bond acceptors (Lipinski definition) is 3. The molecule has 0 aromatic carbocycles. The van der Waals surface area contributed by atoms with Crippen LogP contribution in [-0.2, 0) is 6.42 Å². The third-order valence-electron chi connectivity index (χ3n) is 2.36. The Labute approximate surface area is 103 Å². The summed E-state index contributed by atoms with van der Waals surface area (Å²) in [5.74, 6) is 6.18. The van der Waals surface area contributed by atoms with Crippen LogP contribution in [0.5, 0.6) is 0 Å². The van der Waals surface area contributed by atoms with Crippen molar-refractivity contribution < 1.29 is 0 Å². The number of likely N-dealkylation sites (N-methyl/N-ethyl adjacent to an activating group) is 1. The van der Waals surface area contributed by atoms with Crippen molar-refractivity contribution in [3.63, 3.8) is 0 Å². The van der Waals surface area contributed by atoms with E-state index in [1.807, 2.05) is 37.9 Å². The minimum Gasteiger partial charge on any atom is -0.345 e. The van der Waals surface area contributed by atoms with Gasteiger partial charge in [0.25, 0.3) is 0 Å². The molecule has 3 N–H and O–H groups in total. The van der Waals surface area contributed by atoms with Gasteiger partial charge in [0.1, 0.15) is 0 Å². The number of rotatable bonds is 4. The molecule has 0 fully saturated rings. The largest absolute Gasteiger partial charge is 0.345 e. The van der Waals surface area contributed by atoms with E-state index in [-0.39, 0.29) is 6.04 Å². The van der Waals surface area contributed by atoms with Gasteiger partial charge in [0.15, 0.2) is 0 Å². The van der Waals surface area contributed by atoms with Gasteiger partial charge in [-0.2, -0.15) is 0 Å². The maximum atomic E-state index is 5.46. The Balaban J connectivity index is 2.51. The molecule has 5 nitrogen and oxygen atoms in total. The van der Waals surface area contributed by atoms with E-state index in [9.17, 15) is 0 Å². The van der Waals surface area contributed by atoms with Gasteiger partial charge in [0, 0.05) is 32.0 Å². The summed E-state index contributed by atoms with van der Waals surface area (Å²) in [6.45, 7) is 4.90. The Bertz CT molecular complexity index is 347. The summed E-state index contributed by atoms with van der Waals surface area (Å²) in [7, 11) is 1.97. The Hall–Kier alpha value is -1.62. The summed E-state index contributed by atoms with van der Waals surface area (Å²) in [5.41, 5.74) is 3.89. The first kappa shape index (κ1) is 13.4. The Morgan fingerprint density at radius 2 is 2.12 bits per heavy atom. The summed E-state index contributed by atoms with van der Waals surface area (Å²) in [6, 6.07) is 4.26. The molecule has 0 atom stereocenters. The lowest BCUT2D eigenvalue weighted by Gasteiger charge is -2.21. The smallest absolute Gasteiger partial charge is 0.208 e. The third kappa shape index (κ3) is 4.82. The zero-order valence-corrected chi connectivity index (χ0v) is 10.7. The Morgan fingerprint density at radius 1 is 1.47 bits per heavy atom. The summed E-state index contributed by atoms with van der Waals surface area (Å²) < 4.78 is 0. The number of nitrogens with zero attached hydrogens (tertiary/aromatic N) is 3. The monoisotopic (exact) mass is 235 g/mol. The molecule has 5 heteroatoms. The maximum Gasteiger partial charge on any atom is 0.208 e. The number of hydrazine groups is 1. The summed E-state index contributed by atoms with van der Waals surface area (Å²) in [4.78, 5) is 10.4. The molecule has 1 heterocycles. The van der Waals surface area contributed by atoms with E-state index in [4.69, 9.17) is 5.84 Å². The molecule has 0 unspecified atom stereocenters. The van der Waals surface area contributed by atoms with Gasteiger partial charge in [-0.05, 0) is 38.0 Å². The van der Waals surface area contributed by atoms with Crippen molar-refractivity contribution in [1.29, 1.82) is 0 Å². The SMILES string of the molecule is CC(C)N=C(NN)N(C)CCc1ccncc1. The van der Waals surface area contributed by atoms with Gasteiger partial charge >= 0.3 is 0 Å². The van der Waals surface area contributed by atoms with Crippen LogP contribution in [0.2, 0.25) is 0 Å². The number of nitrogens with two attached hydrogens (primary N) is 1. The van der Waals surface area contributed by atoms with E-state index >= 15 is 0 Å². The zero-order valence-electron chi connectivity index (χ0n) is 10.7. The van der Waals surface area contributed by atoms with Crippen LogP contribution in [0, 0.1) is 0 Å². The average molecular weight is 235 g/mol. The molecule has 0 aliphatic carbocycles. The summed E-state index contributed by atoms with van der Waals surface area (Å²) in [6.07, 6.45) is 4.55. The second kappa shape index (κ2) is 6.85. The van der Waals surface area contributed by atoms with Crippen LogP contribution in [-0.4, -0.2) is 35.5 Å². The minimum atomic E-state index is 0.226. The van der Waals surface area contributed by atoms with Crippen LogP contribution >= 0.6 is 0 Å². The van der Waals surface area contributed by atoms with Gasteiger partial charge in [0.05, 0.1) is 0 Å². The van der Waals surface area contributed by atoms with E-state index in [2.05, 4.69) is 15.4 Å². The second-order valence-electron chi connectivity index (χ2n) is 4.22. The fourth-order valence-corrected chi connectivity index (χ4v) is 1.44. The van der Waals surface area contributed by atoms with Crippen LogP contribution in [0.4, 0.5) is 0 Å². The Kier molecular flexibility index (Phi) is 5.42. The number of aromatic nitrogens is 1. The molecular formula is C12H21N5.